The number of amides is 1. The molecule has 1 amide bonds. The highest BCUT2D eigenvalue weighted by atomic mass is 35.5. The summed E-state index contributed by atoms with van der Waals surface area (Å²) in [6.07, 6.45) is 0. The Morgan fingerprint density at radius 1 is 1.28 bits per heavy atom. The molecule has 10 heteroatoms. The second-order valence-electron chi connectivity index (χ2n) is 5.27. The third kappa shape index (κ3) is 3.65. The Morgan fingerprint density at radius 2 is 2.04 bits per heavy atom. The van der Waals surface area contributed by atoms with E-state index in [1.165, 1.54) is 11.8 Å². The standard InChI is InChI=1S/C15H13Cl2N5O2S/c1-7-8(2)22-14(19-13(7)24)20-21-15(22)25-6-12(23)18-9-3-4-10(16)11(17)5-9/h3-5H,6H2,1-2H3,(H,18,23)(H,19,20,24). The lowest BCUT2D eigenvalue weighted by atomic mass is 10.3. The predicted octanol–water partition coefficient (Wildman–Crippen LogP) is 3.07. The number of anilines is 1. The summed E-state index contributed by atoms with van der Waals surface area (Å²) in [4.78, 5) is 26.5. The van der Waals surface area contributed by atoms with E-state index < -0.39 is 0 Å². The van der Waals surface area contributed by atoms with E-state index in [-0.39, 0.29) is 17.2 Å². The van der Waals surface area contributed by atoms with Crippen LogP contribution >= 0.6 is 35.0 Å². The summed E-state index contributed by atoms with van der Waals surface area (Å²) in [6, 6.07) is 4.86. The summed E-state index contributed by atoms with van der Waals surface area (Å²) in [6.45, 7) is 3.53. The van der Waals surface area contributed by atoms with Crippen molar-refractivity contribution in [1.29, 1.82) is 0 Å². The number of halogens is 2. The number of aromatic amines is 1. The molecule has 0 radical (unpaired) electrons. The maximum absolute atomic E-state index is 12.1. The monoisotopic (exact) mass is 397 g/mol. The lowest BCUT2D eigenvalue weighted by molar-refractivity contribution is -0.113. The lowest BCUT2D eigenvalue weighted by Gasteiger charge is -2.07. The molecular formula is C15H13Cl2N5O2S. The number of hydrogen-bond acceptors (Lipinski definition) is 5. The van der Waals surface area contributed by atoms with E-state index in [4.69, 9.17) is 23.2 Å². The maximum Gasteiger partial charge on any atom is 0.255 e. The smallest absolute Gasteiger partial charge is 0.255 e. The van der Waals surface area contributed by atoms with Gasteiger partial charge in [-0.3, -0.25) is 19.0 Å². The molecule has 0 unspecified atom stereocenters. The summed E-state index contributed by atoms with van der Waals surface area (Å²) in [5, 5.41) is 12.0. The summed E-state index contributed by atoms with van der Waals surface area (Å²) >= 11 is 13.0. The number of benzene rings is 1. The number of thioether (sulfide) groups is 1. The minimum atomic E-state index is -0.223. The minimum Gasteiger partial charge on any atom is -0.325 e. The molecule has 25 heavy (non-hydrogen) atoms. The first-order chi connectivity index (χ1) is 11.9. The van der Waals surface area contributed by atoms with Crippen molar-refractivity contribution in [3.05, 3.63) is 49.9 Å². The second-order valence-corrected chi connectivity index (χ2v) is 7.03. The quantitative estimate of drug-likeness (QED) is 0.659. The molecule has 0 fully saturated rings. The fourth-order valence-electron chi connectivity index (χ4n) is 2.18. The average Bonchev–Trinajstić information content (AvgIpc) is 2.97. The van der Waals surface area contributed by atoms with Crippen LogP contribution in [0.4, 0.5) is 5.69 Å². The van der Waals surface area contributed by atoms with Gasteiger partial charge in [-0.05, 0) is 32.0 Å². The molecule has 130 valence electrons. The Bertz CT molecular complexity index is 1030. The first-order valence-corrected chi connectivity index (χ1v) is 8.93. The van der Waals surface area contributed by atoms with Crippen LogP contribution in [-0.2, 0) is 4.79 Å². The van der Waals surface area contributed by atoms with E-state index >= 15 is 0 Å². The van der Waals surface area contributed by atoms with Crippen molar-refractivity contribution < 1.29 is 4.79 Å². The number of nitrogens with zero attached hydrogens (tertiary/aromatic N) is 3. The number of carbonyl (C=O) groups is 1. The van der Waals surface area contributed by atoms with Crippen molar-refractivity contribution in [1.82, 2.24) is 19.6 Å². The van der Waals surface area contributed by atoms with E-state index in [0.29, 0.717) is 32.2 Å². The second kappa shape index (κ2) is 7.07. The zero-order valence-corrected chi connectivity index (χ0v) is 15.6. The van der Waals surface area contributed by atoms with Crippen LogP contribution in [0.1, 0.15) is 11.3 Å². The van der Waals surface area contributed by atoms with Gasteiger partial charge >= 0.3 is 0 Å². The Labute approximate surface area is 156 Å². The zero-order chi connectivity index (χ0) is 18.1. The van der Waals surface area contributed by atoms with Crippen molar-refractivity contribution in [2.75, 3.05) is 11.1 Å². The molecule has 0 spiro atoms. The fourth-order valence-corrected chi connectivity index (χ4v) is 3.26. The first-order valence-electron chi connectivity index (χ1n) is 7.19. The van der Waals surface area contributed by atoms with Gasteiger partial charge in [-0.15, -0.1) is 10.2 Å². The van der Waals surface area contributed by atoms with Crippen molar-refractivity contribution in [3.8, 4) is 0 Å². The highest BCUT2D eigenvalue weighted by molar-refractivity contribution is 7.99. The Kier molecular flexibility index (Phi) is 5.03. The van der Waals surface area contributed by atoms with Crippen molar-refractivity contribution in [3.63, 3.8) is 0 Å². The molecule has 0 aliphatic rings. The molecule has 0 bridgehead atoms. The number of aryl methyl sites for hydroxylation is 1. The third-order valence-corrected chi connectivity index (χ3v) is 5.28. The Morgan fingerprint density at radius 3 is 2.76 bits per heavy atom. The van der Waals surface area contributed by atoms with Gasteiger partial charge in [0.25, 0.3) is 5.56 Å². The van der Waals surface area contributed by atoms with Gasteiger partial charge < -0.3 is 5.32 Å². The normalized spacial score (nSPS) is 11.0. The van der Waals surface area contributed by atoms with Gasteiger partial charge in [-0.25, -0.2) is 0 Å². The SMILES string of the molecule is Cc1c(C)n2c(SCC(=O)Nc3ccc(Cl)c(Cl)c3)nnc2[nH]c1=O. The molecule has 3 aromatic rings. The minimum absolute atomic E-state index is 0.124. The molecule has 7 nitrogen and oxygen atoms in total. The molecule has 2 N–H and O–H groups in total. The zero-order valence-electron chi connectivity index (χ0n) is 13.3. The van der Waals surface area contributed by atoms with Gasteiger partial charge in [0.15, 0.2) is 5.16 Å². The van der Waals surface area contributed by atoms with Crippen LogP contribution in [0.3, 0.4) is 0 Å². The molecular weight excluding hydrogens is 385 g/mol. The van der Waals surface area contributed by atoms with Crippen LogP contribution in [0.25, 0.3) is 5.78 Å². The molecule has 0 saturated heterocycles. The highest BCUT2D eigenvalue weighted by Crippen LogP contribution is 2.25. The predicted molar refractivity (Wildman–Crippen MR) is 98.9 cm³/mol. The highest BCUT2D eigenvalue weighted by Gasteiger charge is 2.14. The molecule has 3 rings (SSSR count). The van der Waals surface area contributed by atoms with Gasteiger partial charge in [0.05, 0.1) is 15.8 Å². The van der Waals surface area contributed by atoms with E-state index in [1.807, 2.05) is 0 Å². The van der Waals surface area contributed by atoms with Gasteiger partial charge in [0.1, 0.15) is 0 Å². The van der Waals surface area contributed by atoms with Crippen LogP contribution in [0.15, 0.2) is 28.2 Å². The number of nitrogens with one attached hydrogen (secondary N) is 2. The van der Waals surface area contributed by atoms with Gasteiger partial charge in [-0.1, -0.05) is 35.0 Å². The molecule has 2 aromatic heterocycles. The van der Waals surface area contributed by atoms with Crippen LogP contribution in [0.5, 0.6) is 0 Å². The van der Waals surface area contributed by atoms with Crippen LogP contribution < -0.4 is 10.9 Å². The summed E-state index contributed by atoms with van der Waals surface area (Å²) in [5.74, 6) is 0.248. The Hall–Kier alpha value is -2.03. The Balaban J connectivity index is 1.74. The van der Waals surface area contributed by atoms with Gasteiger partial charge in [0, 0.05) is 16.9 Å². The molecule has 0 aliphatic carbocycles. The van der Waals surface area contributed by atoms with E-state index in [2.05, 4.69) is 20.5 Å². The van der Waals surface area contributed by atoms with E-state index in [1.54, 1.807) is 36.4 Å². The molecule has 0 saturated carbocycles. The van der Waals surface area contributed by atoms with E-state index in [9.17, 15) is 9.59 Å². The molecule has 2 heterocycles. The van der Waals surface area contributed by atoms with Gasteiger partial charge in [0.2, 0.25) is 11.7 Å². The van der Waals surface area contributed by atoms with Crippen molar-refractivity contribution in [2.24, 2.45) is 0 Å². The first kappa shape index (κ1) is 17.8. The maximum atomic E-state index is 12.1. The van der Waals surface area contributed by atoms with Gasteiger partial charge in [-0.2, -0.15) is 0 Å². The van der Waals surface area contributed by atoms with Crippen LogP contribution in [0, 0.1) is 13.8 Å². The molecule has 1 aromatic carbocycles. The summed E-state index contributed by atoms with van der Waals surface area (Å²) < 4.78 is 1.72. The topological polar surface area (TPSA) is 92.2 Å². The van der Waals surface area contributed by atoms with Crippen molar-refractivity contribution >= 4 is 52.3 Å². The fraction of sp³-hybridized carbons (Fsp3) is 0.200. The number of hydrogen-bond donors (Lipinski definition) is 2. The number of fused-ring (bicyclic) bond motifs is 1. The van der Waals surface area contributed by atoms with Crippen LogP contribution in [-0.4, -0.2) is 31.2 Å². The number of carbonyl (C=O) groups excluding carboxylic acids is 1. The largest absolute Gasteiger partial charge is 0.325 e. The van der Waals surface area contributed by atoms with E-state index in [0.717, 1.165) is 5.69 Å². The third-order valence-electron chi connectivity index (χ3n) is 3.61. The summed E-state index contributed by atoms with van der Waals surface area (Å²) in [5.41, 5.74) is 1.67. The molecule has 0 aliphatic heterocycles. The lowest BCUT2D eigenvalue weighted by Crippen LogP contribution is -2.16. The number of aromatic nitrogens is 4. The molecule has 0 atom stereocenters. The number of rotatable bonds is 4. The number of H-pyrrole nitrogens is 1. The van der Waals surface area contributed by atoms with Crippen molar-refractivity contribution in [2.45, 2.75) is 19.0 Å². The average molecular weight is 398 g/mol. The summed E-state index contributed by atoms with van der Waals surface area (Å²) in [7, 11) is 0. The van der Waals surface area contributed by atoms with Crippen LogP contribution in [0.2, 0.25) is 10.0 Å².